The van der Waals surface area contributed by atoms with Gasteiger partial charge in [0.15, 0.2) is 0 Å². The lowest BCUT2D eigenvalue weighted by molar-refractivity contribution is 0.410. The molecule has 0 amide bonds. The van der Waals surface area contributed by atoms with Crippen molar-refractivity contribution in [3.05, 3.63) is 58.0 Å². The molecule has 5 nitrogen and oxygen atoms in total. The normalized spacial score (nSPS) is 10.8. The minimum absolute atomic E-state index is 0.192. The van der Waals surface area contributed by atoms with Gasteiger partial charge in [-0.25, -0.2) is 4.79 Å². The zero-order valence-electron chi connectivity index (χ0n) is 12.0. The Bertz CT molecular complexity index is 833. The second-order valence-electron chi connectivity index (χ2n) is 5.01. The molecule has 0 bridgehead atoms. The summed E-state index contributed by atoms with van der Waals surface area (Å²) in [4.78, 5) is 16.7. The fourth-order valence-electron chi connectivity index (χ4n) is 2.39. The van der Waals surface area contributed by atoms with Crippen molar-refractivity contribution in [2.24, 2.45) is 0 Å². The van der Waals surface area contributed by atoms with E-state index in [1.807, 2.05) is 30.3 Å². The van der Waals surface area contributed by atoms with Crippen molar-refractivity contribution < 1.29 is 4.74 Å². The summed E-state index contributed by atoms with van der Waals surface area (Å²) in [6.45, 7) is 2.71. The number of benzene rings is 2. The zero-order valence-corrected chi connectivity index (χ0v) is 12.0. The lowest BCUT2D eigenvalue weighted by atomic mass is 10.1. The summed E-state index contributed by atoms with van der Waals surface area (Å²) in [5.74, 6) is 0.865. The molecular formula is C16H17N3O2. The number of fused-ring (bicyclic) bond motifs is 1. The maximum absolute atomic E-state index is 11.3. The molecule has 1 aromatic heterocycles. The van der Waals surface area contributed by atoms with Crippen molar-refractivity contribution in [3.63, 3.8) is 0 Å². The van der Waals surface area contributed by atoms with Crippen LogP contribution < -0.4 is 15.7 Å². The third kappa shape index (κ3) is 2.76. The highest BCUT2D eigenvalue weighted by molar-refractivity contribution is 5.78. The molecule has 3 aromatic rings. The SMILES string of the molecule is COc1ccc(C)cc1CNc1ccc2[nH]c(=O)[nH]c2c1. The first-order valence-electron chi connectivity index (χ1n) is 6.75. The highest BCUT2D eigenvalue weighted by Crippen LogP contribution is 2.22. The molecule has 0 aliphatic heterocycles. The second-order valence-corrected chi connectivity index (χ2v) is 5.01. The number of ether oxygens (including phenoxy) is 1. The largest absolute Gasteiger partial charge is 0.496 e. The molecule has 0 radical (unpaired) electrons. The third-order valence-corrected chi connectivity index (χ3v) is 3.43. The molecule has 0 aliphatic rings. The molecule has 3 N–H and O–H groups in total. The van der Waals surface area contributed by atoms with Gasteiger partial charge in [-0.3, -0.25) is 0 Å². The summed E-state index contributed by atoms with van der Waals surface area (Å²) in [7, 11) is 1.67. The molecule has 0 saturated heterocycles. The van der Waals surface area contributed by atoms with E-state index in [2.05, 4.69) is 28.3 Å². The molecule has 0 spiro atoms. The molecule has 0 fully saturated rings. The van der Waals surface area contributed by atoms with Gasteiger partial charge in [0.25, 0.3) is 0 Å². The van der Waals surface area contributed by atoms with Crippen LogP contribution in [0.2, 0.25) is 0 Å². The Kier molecular flexibility index (Phi) is 3.39. The summed E-state index contributed by atoms with van der Waals surface area (Å²) in [6.07, 6.45) is 0. The Balaban J connectivity index is 1.82. The van der Waals surface area contributed by atoms with E-state index in [-0.39, 0.29) is 5.69 Å². The van der Waals surface area contributed by atoms with Gasteiger partial charge in [0.1, 0.15) is 5.75 Å². The average molecular weight is 283 g/mol. The molecule has 5 heteroatoms. The van der Waals surface area contributed by atoms with Gasteiger partial charge < -0.3 is 20.0 Å². The van der Waals surface area contributed by atoms with E-state index in [0.717, 1.165) is 28.0 Å². The molecule has 0 unspecified atom stereocenters. The van der Waals surface area contributed by atoms with Crippen molar-refractivity contribution in [3.8, 4) is 5.75 Å². The third-order valence-electron chi connectivity index (χ3n) is 3.43. The minimum atomic E-state index is -0.192. The first kappa shape index (κ1) is 13.3. The number of aromatic amines is 2. The summed E-state index contributed by atoms with van der Waals surface area (Å²) in [5.41, 5.74) is 4.64. The van der Waals surface area contributed by atoms with Gasteiger partial charge >= 0.3 is 5.69 Å². The Morgan fingerprint density at radius 1 is 1.10 bits per heavy atom. The second kappa shape index (κ2) is 5.36. The lowest BCUT2D eigenvalue weighted by Gasteiger charge is -2.11. The van der Waals surface area contributed by atoms with Crippen LogP contribution in [0.15, 0.2) is 41.2 Å². The Morgan fingerprint density at radius 2 is 1.90 bits per heavy atom. The van der Waals surface area contributed by atoms with Crippen LogP contribution in [0.3, 0.4) is 0 Å². The van der Waals surface area contributed by atoms with Crippen molar-refractivity contribution in [1.29, 1.82) is 0 Å². The first-order valence-corrected chi connectivity index (χ1v) is 6.75. The van der Waals surface area contributed by atoms with Gasteiger partial charge in [-0.15, -0.1) is 0 Å². The molecule has 1 heterocycles. The number of hydrogen-bond acceptors (Lipinski definition) is 3. The highest BCUT2D eigenvalue weighted by atomic mass is 16.5. The quantitative estimate of drug-likeness (QED) is 0.689. The van der Waals surface area contributed by atoms with E-state index < -0.39 is 0 Å². The van der Waals surface area contributed by atoms with Gasteiger partial charge in [-0.1, -0.05) is 17.7 Å². The monoisotopic (exact) mass is 283 g/mol. The van der Waals surface area contributed by atoms with Crippen molar-refractivity contribution in [2.75, 3.05) is 12.4 Å². The number of aryl methyl sites for hydroxylation is 1. The van der Waals surface area contributed by atoms with Gasteiger partial charge in [0, 0.05) is 17.8 Å². The number of nitrogens with one attached hydrogen (secondary N) is 3. The topological polar surface area (TPSA) is 69.9 Å². The maximum Gasteiger partial charge on any atom is 0.323 e. The Morgan fingerprint density at radius 3 is 2.71 bits per heavy atom. The molecule has 0 atom stereocenters. The predicted octanol–water partition coefficient (Wildman–Crippen LogP) is 2.79. The van der Waals surface area contributed by atoms with E-state index in [0.29, 0.717) is 6.54 Å². The Labute approximate surface area is 122 Å². The van der Waals surface area contributed by atoms with Crippen LogP contribution in [0.5, 0.6) is 5.75 Å². The van der Waals surface area contributed by atoms with Crippen molar-refractivity contribution >= 4 is 16.7 Å². The summed E-state index contributed by atoms with van der Waals surface area (Å²) in [6, 6.07) is 11.8. The molecule has 0 saturated carbocycles. The lowest BCUT2D eigenvalue weighted by Crippen LogP contribution is -2.02. The fraction of sp³-hybridized carbons (Fsp3) is 0.188. The predicted molar refractivity (Wildman–Crippen MR) is 84.0 cm³/mol. The first-order chi connectivity index (χ1) is 10.2. The number of H-pyrrole nitrogens is 2. The summed E-state index contributed by atoms with van der Waals surface area (Å²) in [5, 5.41) is 3.35. The number of aromatic nitrogens is 2. The maximum atomic E-state index is 11.3. The van der Waals surface area contributed by atoms with E-state index in [9.17, 15) is 4.79 Å². The number of anilines is 1. The van der Waals surface area contributed by atoms with Crippen LogP contribution in [-0.2, 0) is 6.54 Å². The van der Waals surface area contributed by atoms with E-state index in [4.69, 9.17) is 4.74 Å². The molecule has 3 rings (SSSR count). The number of methoxy groups -OCH3 is 1. The molecule has 2 aromatic carbocycles. The molecular weight excluding hydrogens is 266 g/mol. The van der Waals surface area contributed by atoms with Crippen LogP contribution in [0.4, 0.5) is 5.69 Å². The number of imidazole rings is 1. The van der Waals surface area contributed by atoms with E-state index >= 15 is 0 Å². The molecule has 108 valence electrons. The van der Waals surface area contributed by atoms with Crippen molar-refractivity contribution in [2.45, 2.75) is 13.5 Å². The number of hydrogen-bond donors (Lipinski definition) is 3. The van der Waals surface area contributed by atoms with Gasteiger partial charge in [-0.2, -0.15) is 0 Å². The van der Waals surface area contributed by atoms with Crippen molar-refractivity contribution in [1.82, 2.24) is 9.97 Å². The minimum Gasteiger partial charge on any atom is -0.496 e. The number of rotatable bonds is 4. The van der Waals surface area contributed by atoms with Crippen LogP contribution in [0, 0.1) is 6.92 Å². The zero-order chi connectivity index (χ0) is 14.8. The standard InChI is InChI=1S/C16H17N3O2/c1-10-3-6-15(21-2)11(7-10)9-17-12-4-5-13-14(8-12)19-16(20)18-13/h3-8,17H,9H2,1-2H3,(H2,18,19,20). The van der Waals surface area contributed by atoms with Crippen LogP contribution in [-0.4, -0.2) is 17.1 Å². The van der Waals surface area contributed by atoms with E-state index in [1.165, 1.54) is 5.56 Å². The molecule has 0 aliphatic carbocycles. The summed E-state index contributed by atoms with van der Waals surface area (Å²) >= 11 is 0. The van der Waals surface area contributed by atoms with E-state index in [1.54, 1.807) is 7.11 Å². The fourth-order valence-corrected chi connectivity index (χ4v) is 2.39. The van der Waals surface area contributed by atoms with Crippen LogP contribution >= 0.6 is 0 Å². The molecule has 21 heavy (non-hydrogen) atoms. The Hall–Kier alpha value is -2.69. The summed E-state index contributed by atoms with van der Waals surface area (Å²) < 4.78 is 5.37. The van der Waals surface area contributed by atoms with Gasteiger partial charge in [0.05, 0.1) is 18.1 Å². The van der Waals surface area contributed by atoms with Crippen LogP contribution in [0.1, 0.15) is 11.1 Å². The smallest absolute Gasteiger partial charge is 0.323 e. The highest BCUT2D eigenvalue weighted by Gasteiger charge is 2.04. The van der Waals surface area contributed by atoms with Gasteiger partial charge in [-0.05, 0) is 31.2 Å². The van der Waals surface area contributed by atoms with Crippen LogP contribution in [0.25, 0.3) is 11.0 Å². The van der Waals surface area contributed by atoms with Gasteiger partial charge in [0.2, 0.25) is 0 Å². The average Bonchev–Trinajstić information content (AvgIpc) is 2.84.